The average Bonchev–Trinajstić information content (AvgIpc) is 2.76. The summed E-state index contributed by atoms with van der Waals surface area (Å²) in [7, 11) is 0. The third-order valence-electron chi connectivity index (χ3n) is 3.92. The number of aliphatic carboxylic acids is 1. The highest BCUT2D eigenvalue weighted by Gasteiger charge is 2.23. The Balaban J connectivity index is 1.94. The molecule has 0 aromatic rings. The van der Waals surface area contributed by atoms with Gasteiger partial charge in [0.2, 0.25) is 0 Å². The van der Waals surface area contributed by atoms with Gasteiger partial charge in [0, 0.05) is 19.5 Å². The molecule has 0 radical (unpaired) electrons. The quantitative estimate of drug-likeness (QED) is 0.592. The molecule has 0 aliphatic heterocycles. The fraction of sp³-hybridized carbons (Fsp3) is 0.857. The predicted octanol–water partition coefficient (Wildman–Crippen LogP) is 2.37. The Morgan fingerprint density at radius 1 is 1.16 bits per heavy atom. The van der Waals surface area contributed by atoms with Gasteiger partial charge < -0.3 is 15.7 Å². The van der Waals surface area contributed by atoms with E-state index in [0.717, 1.165) is 25.3 Å². The van der Waals surface area contributed by atoms with Crippen LogP contribution in [-0.2, 0) is 4.79 Å². The van der Waals surface area contributed by atoms with Gasteiger partial charge in [-0.3, -0.25) is 4.79 Å². The molecule has 3 N–H and O–H groups in total. The molecule has 2 unspecified atom stereocenters. The highest BCUT2D eigenvalue weighted by molar-refractivity contribution is 5.73. The van der Waals surface area contributed by atoms with Crippen molar-refractivity contribution in [2.45, 2.75) is 51.9 Å². The van der Waals surface area contributed by atoms with Crippen molar-refractivity contribution < 1.29 is 14.7 Å². The van der Waals surface area contributed by atoms with Crippen LogP contribution in [0.15, 0.2) is 0 Å². The number of carbonyl (C=O) groups excluding carboxylic acids is 1. The minimum Gasteiger partial charge on any atom is -0.481 e. The standard InChI is InChI=1S/C14H26N2O3/c1-11-6-5-7-12(11)10-16-14(19)15-9-4-2-3-8-13(17)18/h11-12H,2-10H2,1H3,(H,17,18)(H2,15,16,19). The van der Waals surface area contributed by atoms with Crippen LogP contribution < -0.4 is 10.6 Å². The van der Waals surface area contributed by atoms with Crippen molar-refractivity contribution in [1.82, 2.24) is 10.6 Å². The van der Waals surface area contributed by atoms with E-state index < -0.39 is 5.97 Å². The van der Waals surface area contributed by atoms with Crippen LogP contribution in [-0.4, -0.2) is 30.2 Å². The molecule has 1 fully saturated rings. The van der Waals surface area contributed by atoms with E-state index in [-0.39, 0.29) is 12.5 Å². The lowest BCUT2D eigenvalue weighted by atomic mass is 9.98. The molecule has 1 rings (SSSR count). The van der Waals surface area contributed by atoms with Crippen molar-refractivity contribution in [2.75, 3.05) is 13.1 Å². The van der Waals surface area contributed by atoms with Gasteiger partial charge in [0.25, 0.3) is 0 Å². The van der Waals surface area contributed by atoms with E-state index >= 15 is 0 Å². The molecule has 0 aromatic heterocycles. The number of carboxylic acids is 1. The molecule has 2 amide bonds. The molecule has 0 spiro atoms. The summed E-state index contributed by atoms with van der Waals surface area (Å²) < 4.78 is 0. The average molecular weight is 270 g/mol. The van der Waals surface area contributed by atoms with Crippen LogP contribution in [0.4, 0.5) is 4.79 Å². The maximum absolute atomic E-state index is 11.5. The summed E-state index contributed by atoms with van der Waals surface area (Å²) in [6, 6.07) is -0.0997. The third-order valence-corrected chi connectivity index (χ3v) is 3.92. The summed E-state index contributed by atoms with van der Waals surface area (Å²) in [5, 5.41) is 14.2. The summed E-state index contributed by atoms with van der Waals surface area (Å²) in [5.74, 6) is 0.592. The van der Waals surface area contributed by atoms with E-state index in [4.69, 9.17) is 5.11 Å². The van der Waals surface area contributed by atoms with Gasteiger partial charge in [0.05, 0.1) is 0 Å². The molecule has 2 atom stereocenters. The van der Waals surface area contributed by atoms with Crippen LogP contribution in [0.5, 0.6) is 0 Å². The van der Waals surface area contributed by atoms with E-state index in [1.165, 1.54) is 19.3 Å². The first-order chi connectivity index (χ1) is 9.09. The number of unbranched alkanes of at least 4 members (excludes halogenated alkanes) is 2. The highest BCUT2D eigenvalue weighted by atomic mass is 16.4. The molecular formula is C14H26N2O3. The number of carboxylic acid groups (broad SMARTS) is 1. The second kappa shape index (κ2) is 8.77. The van der Waals surface area contributed by atoms with Crippen LogP contribution in [0.1, 0.15) is 51.9 Å². The Hall–Kier alpha value is -1.26. The van der Waals surface area contributed by atoms with Crippen molar-refractivity contribution in [3.63, 3.8) is 0 Å². The summed E-state index contributed by atoms with van der Waals surface area (Å²) in [6.45, 7) is 3.64. The minimum atomic E-state index is -0.753. The summed E-state index contributed by atoms with van der Waals surface area (Å²) in [4.78, 5) is 21.8. The molecule has 110 valence electrons. The maximum atomic E-state index is 11.5. The Labute approximate surface area is 115 Å². The van der Waals surface area contributed by atoms with Crippen molar-refractivity contribution in [3.05, 3.63) is 0 Å². The maximum Gasteiger partial charge on any atom is 0.314 e. The molecule has 0 aromatic carbocycles. The summed E-state index contributed by atoms with van der Waals surface area (Å²) in [5.41, 5.74) is 0. The van der Waals surface area contributed by atoms with Crippen molar-refractivity contribution in [3.8, 4) is 0 Å². The van der Waals surface area contributed by atoms with Gasteiger partial charge in [0.1, 0.15) is 0 Å². The molecule has 19 heavy (non-hydrogen) atoms. The number of amides is 2. The summed E-state index contributed by atoms with van der Waals surface area (Å²) in [6.07, 6.45) is 6.34. The highest BCUT2D eigenvalue weighted by Crippen LogP contribution is 2.30. The topological polar surface area (TPSA) is 78.4 Å². The Morgan fingerprint density at radius 3 is 2.58 bits per heavy atom. The first kappa shape index (κ1) is 15.8. The zero-order valence-corrected chi connectivity index (χ0v) is 11.8. The largest absolute Gasteiger partial charge is 0.481 e. The van der Waals surface area contributed by atoms with Crippen LogP contribution >= 0.6 is 0 Å². The second-order valence-electron chi connectivity index (χ2n) is 5.51. The molecule has 1 aliphatic rings. The number of hydrogen-bond acceptors (Lipinski definition) is 2. The van der Waals surface area contributed by atoms with Crippen molar-refractivity contribution in [1.29, 1.82) is 0 Å². The van der Waals surface area contributed by atoms with Crippen molar-refractivity contribution in [2.24, 2.45) is 11.8 Å². The van der Waals surface area contributed by atoms with Crippen LogP contribution in [0.2, 0.25) is 0 Å². The Kier molecular flexibility index (Phi) is 7.30. The lowest BCUT2D eigenvalue weighted by molar-refractivity contribution is -0.137. The van der Waals surface area contributed by atoms with E-state index in [9.17, 15) is 9.59 Å². The predicted molar refractivity (Wildman–Crippen MR) is 74.0 cm³/mol. The fourth-order valence-corrected chi connectivity index (χ4v) is 2.59. The van der Waals surface area contributed by atoms with Gasteiger partial charge in [-0.05, 0) is 31.1 Å². The molecule has 0 saturated heterocycles. The minimum absolute atomic E-state index is 0.0997. The van der Waals surface area contributed by atoms with Gasteiger partial charge in [-0.1, -0.05) is 26.2 Å². The molecule has 5 nitrogen and oxygen atoms in total. The van der Waals surface area contributed by atoms with E-state index in [2.05, 4.69) is 17.6 Å². The van der Waals surface area contributed by atoms with Gasteiger partial charge in [0.15, 0.2) is 0 Å². The normalized spacial score (nSPS) is 22.2. The monoisotopic (exact) mass is 270 g/mol. The van der Waals surface area contributed by atoms with E-state index in [1.54, 1.807) is 0 Å². The molecule has 0 heterocycles. The Bertz CT molecular complexity index is 294. The third kappa shape index (κ3) is 7.03. The van der Waals surface area contributed by atoms with Gasteiger partial charge in [-0.2, -0.15) is 0 Å². The number of nitrogens with one attached hydrogen (secondary N) is 2. The first-order valence-corrected chi connectivity index (χ1v) is 7.33. The molecule has 1 saturated carbocycles. The van der Waals surface area contributed by atoms with Gasteiger partial charge >= 0.3 is 12.0 Å². The van der Waals surface area contributed by atoms with Crippen LogP contribution in [0.3, 0.4) is 0 Å². The molecular weight excluding hydrogens is 244 g/mol. The number of carbonyl (C=O) groups is 2. The molecule has 1 aliphatic carbocycles. The van der Waals surface area contributed by atoms with E-state index in [1.807, 2.05) is 0 Å². The first-order valence-electron chi connectivity index (χ1n) is 7.33. The summed E-state index contributed by atoms with van der Waals surface area (Å²) >= 11 is 0. The number of hydrogen-bond donors (Lipinski definition) is 3. The molecule has 0 bridgehead atoms. The number of urea groups is 1. The van der Waals surface area contributed by atoms with Crippen LogP contribution in [0.25, 0.3) is 0 Å². The van der Waals surface area contributed by atoms with Gasteiger partial charge in [-0.25, -0.2) is 4.79 Å². The zero-order chi connectivity index (χ0) is 14.1. The lowest BCUT2D eigenvalue weighted by Gasteiger charge is -2.16. The second-order valence-corrected chi connectivity index (χ2v) is 5.51. The lowest BCUT2D eigenvalue weighted by Crippen LogP contribution is -2.39. The van der Waals surface area contributed by atoms with E-state index in [0.29, 0.717) is 18.9 Å². The zero-order valence-electron chi connectivity index (χ0n) is 11.8. The van der Waals surface area contributed by atoms with Crippen molar-refractivity contribution >= 4 is 12.0 Å². The van der Waals surface area contributed by atoms with Gasteiger partial charge in [-0.15, -0.1) is 0 Å². The molecule has 5 heteroatoms. The SMILES string of the molecule is CC1CCCC1CNC(=O)NCCCCCC(=O)O. The Morgan fingerprint density at radius 2 is 1.95 bits per heavy atom. The van der Waals surface area contributed by atoms with Crippen LogP contribution in [0, 0.1) is 11.8 Å². The fourth-order valence-electron chi connectivity index (χ4n) is 2.59. The smallest absolute Gasteiger partial charge is 0.314 e. The number of rotatable bonds is 8.